The first-order valence-corrected chi connectivity index (χ1v) is 7.33. The molecule has 2 amide bonds. The molecule has 124 valence electrons. The molecule has 2 aromatic rings. The zero-order chi connectivity index (χ0) is 17.2. The second-order valence-electron chi connectivity index (χ2n) is 6.45. The highest BCUT2D eigenvalue weighted by Gasteiger charge is 2.21. The molecule has 0 unspecified atom stereocenters. The maximum absolute atomic E-state index is 12.0. The molecule has 2 aromatic heterocycles. The standard InChI is InChI=1S/C16H22N4O3/c1-11-8-20-9-12(6-7-13(20)17-11)18-14(21)10-19(5)15(22)23-16(2,3)4/h6-9H,10H2,1-5H3,(H,18,21). The van der Waals surface area contributed by atoms with Gasteiger partial charge in [-0.3, -0.25) is 4.79 Å². The van der Waals surface area contributed by atoms with Crippen molar-refractivity contribution in [2.24, 2.45) is 0 Å². The summed E-state index contributed by atoms with van der Waals surface area (Å²) in [7, 11) is 1.52. The minimum Gasteiger partial charge on any atom is -0.444 e. The number of carbonyl (C=O) groups excluding carboxylic acids is 2. The quantitative estimate of drug-likeness (QED) is 0.943. The molecule has 0 aliphatic heterocycles. The molecule has 0 saturated heterocycles. The van der Waals surface area contributed by atoms with Gasteiger partial charge in [0.05, 0.1) is 11.4 Å². The van der Waals surface area contributed by atoms with E-state index in [9.17, 15) is 9.59 Å². The van der Waals surface area contributed by atoms with Crippen LogP contribution >= 0.6 is 0 Å². The molecular formula is C16H22N4O3. The summed E-state index contributed by atoms with van der Waals surface area (Å²) >= 11 is 0. The van der Waals surface area contributed by atoms with E-state index >= 15 is 0 Å². The molecule has 7 nitrogen and oxygen atoms in total. The number of anilines is 1. The maximum atomic E-state index is 12.0. The minimum absolute atomic E-state index is 0.0874. The second kappa shape index (κ2) is 6.28. The van der Waals surface area contributed by atoms with E-state index < -0.39 is 11.7 Å². The fraction of sp³-hybridized carbons (Fsp3) is 0.438. The summed E-state index contributed by atoms with van der Waals surface area (Å²) in [5.41, 5.74) is 1.76. The van der Waals surface area contributed by atoms with E-state index in [1.807, 2.05) is 23.6 Å². The molecule has 0 saturated carbocycles. The Balaban J connectivity index is 1.96. The first-order chi connectivity index (χ1) is 10.6. The molecule has 0 fully saturated rings. The highest BCUT2D eigenvalue weighted by molar-refractivity contribution is 5.93. The number of hydrogen-bond donors (Lipinski definition) is 1. The van der Waals surface area contributed by atoms with Gasteiger partial charge in [0.2, 0.25) is 5.91 Å². The van der Waals surface area contributed by atoms with Crippen LogP contribution in [0.25, 0.3) is 5.65 Å². The van der Waals surface area contributed by atoms with E-state index in [0.29, 0.717) is 5.69 Å². The van der Waals surface area contributed by atoms with Crippen LogP contribution in [0.4, 0.5) is 10.5 Å². The van der Waals surface area contributed by atoms with Gasteiger partial charge < -0.3 is 19.4 Å². The first kappa shape index (κ1) is 16.8. The van der Waals surface area contributed by atoms with E-state index in [1.54, 1.807) is 33.0 Å². The second-order valence-corrected chi connectivity index (χ2v) is 6.45. The zero-order valence-corrected chi connectivity index (χ0v) is 14.1. The smallest absolute Gasteiger partial charge is 0.410 e. The van der Waals surface area contributed by atoms with Crippen molar-refractivity contribution in [2.75, 3.05) is 18.9 Å². The molecule has 0 radical (unpaired) electrons. The number of aryl methyl sites for hydroxylation is 1. The molecule has 23 heavy (non-hydrogen) atoms. The Morgan fingerprint density at radius 2 is 2.00 bits per heavy atom. The average molecular weight is 318 g/mol. The lowest BCUT2D eigenvalue weighted by Crippen LogP contribution is -2.38. The minimum atomic E-state index is -0.591. The SMILES string of the molecule is Cc1cn2cc(NC(=O)CN(C)C(=O)OC(C)(C)C)ccc2n1. The van der Waals surface area contributed by atoms with Crippen molar-refractivity contribution in [2.45, 2.75) is 33.3 Å². The lowest BCUT2D eigenvalue weighted by atomic mass is 10.2. The Hall–Kier alpha value is -2.57. The van der Waals surface area contributed by atoms with Crippen LogP contribution in [0.1, 0.15) is 26.5 Å². The number of pyridine rings is 1. The Bertz CT molecular complexity index is 730. The third-order valence-corrected chi connectivity index (χ3v) is 2.94. The van der Waals surface area contributed by atoms with Crippen LogP contribution in [0.15, 0.2) is 24.5 Å². The van der Waals surface area contributed by atoms with E-state index in [-0.39, 0.29) is 12.5 Å². The van der Waals surface area contributed by atoms with Crippen LogP contribution in [0.5, 0.6) is 0 Å². The largest absolute Gasteiger partial charge is 0.444 e. The highest BCUT2D eigenvalue weighted by atomic mass is 16.6. The van der Waals surface area contributed by atoms with Gasteiger partial charge in [-0.25, -0.2) is 9.78 Å². The van der Waals surface area contributed by atoms with Crippen LogP contribution in [0.2, 0.25) is 0 Å². The molecule has 2 rings (SSSR count). The number of hydrogen-bond acceptors (Lipinski definition) is 4. The number of aromatic nitrogens is 2. The van der Waals surface area contributed by atoms with E-state index in [1.165, 1.54) is 11.9 Å². The molecule has 0 spiro atoms. The number of likely N-dealkylation sites (N-methyl/N-ethyl adjacent to an activating group) is 1. The Labute approximate surface area is 135 Å². The first-order valence-electron chi connectivity index (χ1n) is 7.33. The number of rotatable bonds is 3. The van der Waals surface area contributed by atoms with Crippen molar-refractivity contribution in [3.8, 4) is 0 Å². The average Bonchev–Trinajstić information content (AvgIpc) is 2.75. The van der Waals surface area contributed by atoms with Crippen molar-refractivity contribution in [1.29, 1.82) is 0 Å². The molecular weight excluding hydrogens is 296 g/mol. The molecule has 0 aliphatic rings. The molecule has 0 aliphatic carbocycles. The lowest BCUT2D eigenvalue weighted by molar-refractivity contribution is -0.117. The monoisotopic (exact) mass is 318 g/mol. The molecule has 2 heterocycles. The summed E-state index contributed by atoms with van der Waals surface area (Å²) in [6, 6.07) is 3.59. The fourth-order valence-corrected chi connectivity index (χ4v) is 2.01. The summed E-state index contributed by atoms with van der Waals surface area (Å²) in [6.07, 6.45) is 3.12. The fourth-order valence-electron chi connectivity index (χ4n) is 2.01. The van der Waals surface area contributed by atoms with Crippen LogP contribution in [0, 0.1) is 6.92 Å². The summed E-state index contributed by atoms with van der Waals surface area (Å²) in [6.45, 7) is 7.15. The van der Waals surface area contributed by atoms with Gasteiger partial charge in [0.1, 0.15) is 17.8 Å². The summed E-state index contributed by atoms with van der Waals surface area (Å²) in [5, 5.41) is 2.75. The molecule has 7 heteroatoms. The van der Waals surface area contributed by atoms with Gasteiger partial charge in [-0.1, -0.05) is 0 Å². The van der Waals surface area contributed by atoms with Gasteiger partial charge in [0.15, 0.2) is 0 Å². The van der Waals surface area contributed by atoms with E-state index in [2.05, 4.69) is 10.3 Å². The van der Waals surface area contributed by atoms with E-state index in [4.69, 9.17) is 4.74 Å². The molecule has 0 bridgehead atoms. The number of nitrogens with one attached hydrogen (secondary N) is 1. The van der Waals surface area contributed by atoms with Gasteiger partial charge in [-0.15, -0.1) is 0 Å². The van der Waals surface area contributed by atoms with Gasteiger partial charge >= 0.3 is 6.09 Å². The van der Waals surface area contributed by atoms with Crippen LogP contribution < -0.4 is 5.32 Å². The van der Waals surface area contributed by atoms with Crippen molar-refractivity contribution in [3.63, 3.8) is 0 Å². The van der Waals surface area contributed by atoms with Crippen molar-refractivity contribution in [1.82, 2.24) is 14.3 Å². The highest BCUT2D eigenvalue weighted by Crippen LogP contribution is 2.12. The summed E-state index contributed by atoms with van der Waals surface area (Å²) < 4.78 is 7.04. The van der Waals surface area contributed by atoms with Crippen molar-refractivity contribution < 1.29 is 14.3 Å². The van der Waals surface area contributed by atoms with Crippen LogP contribution in [-0.4, -0.2) is 45.5 Å². The van der Waals surface area contributed by atoms with Crippen molar-refractivity contribution in [3.05, 3.63) is 30.2 Å². The van der Waals surface area contributed by atoms with E-state index in [0.717, 1.165) is 11.3 Å². The molecule has 0 aromatic carbocycles. The number of carbonyl (C=O) groups is 2. The van der Waals surface area contributed by atoms with Crippen LogP contribution in [-0.2, 0) is 9.53 Å². The van der Waals surface area contributed by atoms with Gasteiger partial charge in [0.25, 0.3) is 0 Å². The normalized spacial score (nSPS) is 11.3. The Morgan fingerprint density at radius 1 is 1.30 bits per heavy atom. The molecule has 0 atom stereocenters. The van der Waals surface area contributed by atoms with Crippen LogP contribution in [0.3, 0.4) is 0 Å². The third-order valence-electron chi connectivity index (χ3n) is 2.94. The lowest BCUT2D eigenvalue weighted by Gasteiger charge is -2.24. The number of nitrogens with zero attached hydrogens (tertiary/aromatic N) is 3. The summed E-state index contributed by atoms with van der Waals surface area (Å²) in [4.78, 5) is 29.4. The number of fused-ring (bicyclic) bond motifs is 1. The number of imidazole rings is 1. The molecule has 1 N–H and O–H groups in total. The number of amides is 2. The van der Waals surface area contributed by atoms with Crippen molar-refractivity contribution >= 4 is 23.3 Å². The maximum Gasteiger partial charge on any atom is 0.410 e. The zero-order valence-electron chi connectivity index (χ0n) is 14.1. The topological polar surface area (TPSA) is 75.9 Å². The van der Waals surface area contributed by atoms with Gasteiger partial charge in [-0.05, 0) is 39.8 Å². The van der Waals surface area contributed by atoms with Gasteiger partial charge in [0, 0.05) is 19.4 Å². The Kier molecular flexibility index (Phi) is 4.58. The third kappa shape index (κ3) is 4.70. The number of ether oxygens (including phenoxy) is 1. The Morgan fingerprint density at radius 3 is 2.65 bits per heavy atom. The summed E-state index contributed by atoms with van der Waals surface area (Å²) in [5.74, 6) is -0.297. The predicted molar refractivity (Wildman–Crippen MR) is 87.4 cm³/mol. The predicted octanol–water partition coefficient (Wildman–Crippen LogP) is 2.45. The van der Waals surface area contributed by atoms with Gasteiger partial charge in [-0.2, -0.15) is 0 Å².